The van der Waals surface area contributed by atoms with E-state index in [0.717, 1.165) is 19.6 Å². The first-order chi connectivity index (χ1) is 6.36. The highest BCUT2D eigenvalue weighted by Gasteiger charge is 2.14. The number of hydrogen-bond acceptors (Lipinski definition) is 3. The van der Waals surface area contributed by atoms with Crippen LogP contribution in [0.5, 0.6) is 0 Å². The molecule has 13 heavy (non-hydrogen) atoms. The summed E-state index contributed by atoms with van der Waals surface area (Å²) in [6.07, 6.45) is 5.89. The highest BCUT2D eigenvalue weighted by molar-refractivity contribution is 7.06. The fraction of sp³-hybridized carbons (Fsp3) is 0.667. The molecule has 1 atom stereocenters. The van der Waals surface area contributed by atoms with Gasteiger partial charge in [-0.05, 0) is 19.3 Å². The van der Waals surface area contributed by atoms with E-state index in [1.807, 2.05) is 16.1 Å². The van der Waals surface area contributed by atoms with E-state index in [1.54, 1.807) is 0 Å². The molecule has 1 aliphatic heterocycles. The van der Waals surface area contributed by atoms with Crippen LogP contribution in [-0.4, -0.2) is 17.3 Å². The van der Waals surface area contributed by atoms with Gasteiger partial charge >= 0.3 is 0 Å². The Balaban J connectivity index is 1.97. The molecule has 72 valence electrons. The Bertz CT molecular complexity index is 311. The highest BCUT2D eigenvalue weighted by Crippen LogP contribution is 2.13. The molecule has 1 fully saturated rings. The second-order valence-electron chi connectivity index (χ2n) is 3.35. The number of ether oxygens (including phenoxy) is 1. The first kappa shape index (κ1) is 8.97. The number of thiazole rings is 1. The van der Waals surface area contributed by atoms with Crippen molar-refractivity contribution in [3.8, 4) is 0 Å². The molecule has 1 aliphatic rings. The first-order valence-electron chi connectivity index (χ1n) is 4.66. The van der Waals surface area contributed by atoms with Gasteiger partial charge in [0.25, 0.3) is 0 Å². The van der Waals surface area contributed by atoms with Crippen molar-refractivity contribution in [1.29, 1.82) is 5.41 Å². The molecule has 1 aromatic rings. The van der Waals surface area contributed by atoms with E-state index in [0.29, 0.717) is 10.9 Å². The van der Waals surface area contributed by atoms with E-state index in [4.69, 9.17) is 10.1 Å². The molecule has 4 heteroatoms. The predicted molar refractivity (Wildman–Crippen MR) is 51.8 cm³/mol. The number of nitrogens with zero attached hydrogens (tertiary/aromatic N) is 1. The lowest BCUT2D eigenvalue weighted by atomic mass is 10.1. The molecule has 0 aromatic carbocycles. The monoisotopic (exact) mass is 198 g/mol. The van der Waals surface area contributed by atoms with Gasteiger partial charge in [-0.2, -0.15) is 0 Å². The lowest BCUT2D eigenvalue weighted by molar-refractivity contribution is 0.00551. The Labute approximate surface area is 81.5 Å². The second kappa shape index (κ2) is 4.07. The molecule has 2 rings (SSSR count). The second-order valence-corrected chi connectivity index (χ2v) is 4.24. The highest BCUT2D eigenvalue weighted by atomic mass is 32.1. The van der Waals surface area contributed by atoms with Gasteiger partial charge in [-0.25, -0.2) is 0 Å². The molecule has 0 saturated carbocycles. The average molecular weight is 198 g/mol. The fourth-order valence-electron chi connectivity index (χ4n) is 1.62. The SMILES string of the molecule is N=c1sccn1CC1CCCCO1. The smallest absolute Gasteiger partial charge is 0.181 e. The van der Waals surface area contributed by atoms with Crippen LogP contribution in [0.3, 0.4) is 0 Å². The van der Waals surface area contributed by atoms with Gasteiger partial charge in [0, 0.05) is 18.2 Å². The van der Waals surface area contributed by atoms with Gasteiger partial charge in [-0.1, -0.05) is 0 Å². The third-order valence-corrected chi connectivity index (χ3v) is 3.07. The molecular formula is C9H14N2OS. The minimum Gasteiger partial charge on any atom is -0.376 e. The summed E-state index contributed by atoms with van der Waals surface area (Å²) in [5.74, 6) is 0. The largest absolute Gasteiger partial charge is 0.376 e. The molecule has 0 amide bonds. The van der Waals surface area contributed by atoms with Crippen LogP contribution in [-0.2, 0) is 11.3 Å². The zero-order valence-electron chi connectivity index (χ0n) is 7.53. The quantitative estimate of drug-likeness (QED) is 0.770. The number of nitrogens with one attached hydrogen (secondary N) is 1. The van der Waals surface area contributed by atoms with Gasteiger partial charge in [0.15, 0.2) is 4.80 Å². The third kappa shape index (κ3) is 2.19. The van der Waals surface area contributed by atoms with E-state index in [-0.39, 0.29) is 0 Å². The summed E-state index contributed by atoms with van der Waals surface area (Å²) >= 11 is 1.47. The van der Waals surface area contributed by atoms with Crippen LogP contribution in [0.15, 0.2) is 11.6 Å². The van der Waals surface area contributed by atoms with Crippen molar-refractivity contribution in [1.82, 2.24) is 4.57 Å². The molecule has 0 spiro atoms. The van der Waals surface area contributed by atoms with Gasteiger partial charge in [0.2, 0.25) is 0 Å². The van der Waals surface area contributed by atoms with Crippen molar-refractivity contribution < 1.29 is 4.74 Å². The van der Waals surface area contributed by atoms with Crippen LogP contribution >= 0.6 is 11.3 Å². The van der Waals surface area contributed by atoms with Crippen molar-refractivity contribution in [2.75, 3.05) is 6.61 Å². The minimum atomic E-state index is 0.331. The maximum atomic E-state index is 7.60. The van der Waals surface area contributed by atoms with Crippen molar-refractivity contribution in [2.24, 2.45) is 0 Å². The van der Waals surface area contributed by atoms with Crippen molar-refractivity contribution in [3.05, 3.63) is 16.4 Å². The van der Waals surface area contributed by atoms with Gasteiger partial charge in [0.1, 0.15) is 0 Å². The van der Waals surface area contributed by atoms with E-state index < -0.39 is 0 Å². The van der Waals surface area contributed by atoms with Crippen LogP contribution in [0.4, 0.5) is 0 Å². The summed E-state index contributed by atoms with van der Waals surface area (Å²) in [5.41, 5.74) is 0. The summed E-state index contributed by atoms with van der Waals surface area (Å²) in [4.78, 5) is 0.620. The molecule has 0 radical (unpaired) electrons. The van der Waals surface area contributed by atoms with Crippen LogP contribution in [0, 0.1) is 5.41 Å². The Morgan fingerprint density at radius 1 is 1.62 bits per heavy atom. The fourth-order valence-corrected chi connectivity index (χ4v) is 2.23. The molecular weight excluding hydrogens is 184 g/mol. The van der Waals surface area contributed by atoms with Crippen LogP contribution in [0.25, 0.3) is 0 Å². The van der Waals surface area contributed by atoms with Gasteiger partial charge < -0.3 is 9.30 Å². The summed E-state index contributed by atoms with van der Waals surface area (Å²) < 4.78 is 7.57. The first-order valence-corrected chi connectivity index (χ1v) is 5.54. The van der Waals surface area contributed by atoms with Crippen molar-refractivity contribution in [2.45, 2.75) is 31.9 Å². The van der Waals surface area contributed by atoms with E-state index >= 15 is 0 Å². The third-order valence-electron chi connectivity index (χ3n) is 2.36. The number of rotatable bonds is 2. The van der Waals surface area contributed by atoms with Crippen molar-refractivity contribution in [3.63, 3.8) is 0 Å². The standard InChI is InChI=1S/C9H14N2OS/c10-9-11(4-6-13-9)7-8-3-1-2-5-12-8/h4,6,8,10H,1-3,5,7H2. The number of hydrogen-bond donors (Lipinski definition) is 1. The van der Waals surface area contributed by atoms with E-state index in [2.05, 4.69) is 0 Å². The van der Waals surface area contributed by atoms with Gasteiger partial charge in [0.05, 0.1) is 12.6 Å². The zero-order valence-corrected chi connectivity index (χ0v) is 8.35. The zero-order chi connectivity index (χ0) is 9.10. The van der Waals surface area contributed by atoms with Gasteiger partial charge in [-0.3, -0.25) is 5.41 Å². The average Bonchev–Trinajstić information content (AvgIpc) is 2.54. The topological polar surface area (TPSA) is 38.0 Å². The molecule has 2 heterocycles. The number of aromatic nitrogens is 1. The lowest BCUT2D eigenvalue weighted by Crippen LogP contribution is -2.27. The molecule has 1 aromatic heterocycles. The Hall–Kier alpha value is -0.610. The van der Waals surface area contributed by atoms with Crippen LogP contribution < -0.4 is 4.80 Å². The normalized spacial score (nSPS) is 23.2. The molecule has 0 bridgehead atoms. The summed E-state index contributed by atoms with van der Waals surface area (Å²) in [5, 5.41) is 9.54. The predicted octanol–water partition coefficient (Wildman–Crippen LogP) is 1.60. The van der Waals surface area contributed by atoms with E-state index in [9.17, 15) is 0 Å². The Morgan fingerprint density at radius 3 is 3.15 bits per heavy atom. The maximum Gasteiger partial charge on any atom is 0.181 e. The minimum absolute atomic E-state index is 0.331. The lowest BCUT2D eigenvalue weighted by Gasteiger charge is -2.22. The molecule has 1 N–H and O–H groups in total. The molecule has 0 aliphatic carbocycles. The molecule has 1 unspecified atom stereocenters. The Kier molecular flexibility index (Phi) is 2.80. The van der Waals surface area contributed by atoms with Crippen LogP contribution in [0.2, 0.25) is 0 Å². The maximum absolute atomic E-state index is 7.60. The Morgan fingerprint density at radius 2 is 2.54 bits per heavy atom. The van der Waals surface area contributed by atoms with E-state index in [1.165, 1.54) is 24.2 Å². The molecule has 3 nitrogen and oxygen atoms in total. The van der Waals surface area contributed by atoms with Gasteiger partial charge in [-0.15, -0.1) is 11.3 Å². The van der Waals surface area contributed by atoms with Crippen molar-refractivity contribution >= 4 is 11.3 Å². The summed E-state index contributed by atoms with van der Waals surface area (Å²) in [6, 6.07) is 0. The van der Waals surface area contributed by atoms with Crippen LogP contribution in [0.1, 0.15) is 19.3 Å². The summed E-state index contributed by atoms with van der Waals surface area (Å²) in [7, 11) is 0. The molecule has 1 saturated heterocycles. The summed E-state index contributed by atoms with van der Waals surface area (Å²) in [6.45, 7) is 1.74.